The molecule has 55 heavy (non-hydrogen) atoms. The zero-order valence-corrected chi connectivity index (χ0v) is 29.5. The zero-order chi connectivity index (χ0) is 36.6. The molecule has 3 heterocycles. The third-order valence-corrected chi connectivity index (χ3v) is 11.1. The van der Waals surface area contributed by atoms with Crippen LogP contribution in [0.3, 0.4) is 0 Å². The highest BCUT2D eigenvalue weighted by molar-refractivity contribution is 6.16. The minimum absolute atomic E-state index is 0.580. The van der Waals surface area contributed by atoms with Crippen LogP contribution in [0.5, 0.6) is 0 Å². The van der Waals surface area contributed by atoms with Crippen molar-refractivity contribution >= 4 is 65.4 Å². The predicted molar refractivity (Wildman–Crippen MR) is 224 cm³/mol. The third kappa shape index (κ3) is 4.39. The molecule has 0 radical (unpaired) electrons. The Hall–Kier alpha value is -7.86. The van der Waals surface area contributed by atoms with E-state index in [4.69, 9.17) is 0 Å². The van der Waals surface area contributed by atoms with Gasteiger partial charge in [0.1, 0.15) is 12.1 Å². The summed E-state index contributed by atoms with van der Waals surface area (Å²) in [6, 6.07) is 65.8. The van der Waals surface area contributed by atoms with Gasteiger partial charge in [-0.05, 0) is 77.9 Å². The summed E-state index contributed by atoms with van der Waals surface area (Å²) in [7, 11) is 0. The predicted octanol–water partition coefficient (Wildman–Crippen LogP) is 12.4. The fourth-order valence-electron chi connectivity index (χ4n) is 8.83. The lowest BCUT2D eigenvalue weighted by Gasteiger charge is -2.14. The normalized spacial score (nSPS) is 11.6. The topological polar surface area (TPSA) is 62.4 Å². The van der Waals surface area contributed by atoms with Gasteiger partial charge in [0.25, 0.3) is 0 Å². The van der Waals surface area contributed by atoms with Crippen molar-refractivity contribution in [3.05, 3.63) is 187 Å². The van der Waals surface area contributed by atoms with Crippen molar-refractivity contribution in [2.24, 2.45) is 0 Å². The van der Waals surface area contributed by atoms with E-state index in [0.717, 1.165) is 82.8 Å². The summed E-state index contributed by atoms with van der Waals surface area (Å²) in [6.45, 7) is 0. The molecule has 11 aromatic rings. The number of aromatic nitrogens is 3. The Kier molecular flexibility index (Phi) is 6.61. The number of benzene rings is 8. The van der Waals surface area contributed by atoms with E-state index < -0.39 is 0 Å². The molecule has 0 saturated heterocycles. The minimum atomic E-state index is 0.580. The zero-order valence-electron chi connectivity index (χ0n) is 29.5. The first-order valence-corrected chi connectivity index (χ1v) is 18.3. The Morgan fingerprint density at radius 2 is 0.855 bits per heavy atom. The quantitative estimate of drug-likeness (QED) is 0.184. The molecule has 0 unspecified atom stereocenters. The molecule has 0 fully saturated rings. The number of rotatable bonds is 4. The van der Waals surface area contributed by atoms with Gasteiger partial charge in [0.15, 0.2) is 0 Å². The second-order valence-electron chi connectivity index (χ2n) is 14.0. The molecular weight excluding hydrogens is 671 g/mol. The van der Waals surface area contributed by atoms with E-state index in [-0.39, 0.29) is 0 Å². The SMILES string of the molecule is N#Cc1cc(-c2cccc(-n3c4ccccc4c4cccc(C#N)c43)c2)ccc1-n1c2ccccc2c2c(-n3c4ccccc4c4ccccc43)cccc21. The molecule has 0 N–H and O–H groups in total. The largest absolute Gasteiger partial charge is 0.309 e. The summed E-state index contributed by atoms with van der Waals surface area (Å²) in [5, 5.41) is 27.7. The molecular formula is C50H29N5. The van der Waals surface area contributed by atoms with E-state index in [1.54, 1.807) is 0 Å². The van der Waals surface area contributed by atoms with Crippen molar-refractivity contribution < 1.29 is 0 Å². The second kappa shape index (κ2) is 11.8. The van der Waals surface area contributed by atoms with Gasteiger partial charge in [0.05, 0.1) is 55.6 Å². The average Bonchev–Trinajstić information content (AvgIpc) is 3.89. The standard InChI is InChI=1S/C50H29N5/c51-30-34-13-10-19-40-39-17-3-5-20-43(39)53(50(34)40)36-14-9-12-32(29-36)33-26-27-42(35(28-33)31-52)54-46-23-8-4-18-41(46)49-47(54)24-11-25-48(49)55-44-21-6-1-15-37(44)38-16-2-7-22-45(38)55/h1-29H. The fourth-order valence-corrected chi connectivity index (χ4v) is 8.83. The maximum atomic E-state index is 10.8. The van der Waals surface area contributed by atoms with E-state index in [1.165, 1.54) is 10.8 Å². The van der Waals surface area contributed by atoms with Gasteiger partial charge in [-0.15, -0.1) is 0 Å². The summed E-state index contributed by atoms with van der Waals surface area (Å²) >= 11 is 0. The second-order valence-corrected chi connectivity index (χ2v) is 14.0. The van der Waals surface area contributed by atoms with Crippen molar-refractivity contribution in [1.82, 2.24) is 13.7 Å². The maximum absolute atomic E-state index is 10.8. The van der Waals surface area contributed by atoms with Crippen LogP contribution in [0.1, 0.15) is 11.1 Å². The summed E-state index contributed by atoms with van der Waals surface area (Å²) < 4.78 is 6.79. The van der Waals surface area contributed by atoms with Gasteiger partial charge < -0.3 is 13.7 Å². The minimum Gasteiger partial charge on any atom is -0.309 e. The van der Waals surface area contributed by atoms with Crippen LogP contribution in [-0.4, -0.2) is 13.7 Å². The monoisotopic (exact) mass is 699 g/mol. The van der Waals surface area contributed by atoms with Crippen molar-refractivity contribution in [2.45, 2.75) is 0 Å². The molecule has 11 rings (SSSR count). The number of nitrogens with zero attached hydrogens (tertiary/aromatic N) is 5. The van der Waals surface area contributed by atoms with Gasteiger partial charge in [-0.1, -0.05) is 109 Å². The first-order valence-electron chi connectivity index (χ1n) is 18.3. The number of hydrogen-bond donors (Lipinski definition) is 0. The van der Waals surface area contributed by atoms with Crippen LogP contribution in [0.15, 0.2) is 176 Å². The highest BCUT2D eigenvalue weighted by atomic mass is 15.0. The van der Waals surface area contributed by atoms with Crippen molar-refractivity contribution in [2.75, 3.05) is 0 Å². The molecule has 0 atom stereocenters. The van der Waals surface area contributed by atoms with Crippen LogP contribution in [0.4, 0.5) is 0 Å². The highest BCUT2D eigenvalue weighted by Gasteiger charge is 2.21. The molecule has 8 aromatic carbocycles. The molecule has 3 aromatic heterocycles. The number of fused-ring (bicyclic) bond motifs is 9. The van der Waals surface area contributed by atoms with E-state index in [9.17, 15) is 10.5 Å². The van der Waals surface area contributed by atoms with Gasteiger partial charge in [0, 0.05) is 38.0 Å². The molecule has 254 valence electrons. The number of nitriles is 2. The molecule has 5 heteroatoms. The van der Waals surface area contributed by atoms with Crippen LogP contribution < -0.4 is 0 Å². The van der Waals surface area contributed by atoms with Crippen LogP contribution >= 0.6 is 0 Å². The average molecular weight is 700 g/mol. The van der Waals surface area contributed by atoms with Gasteiger partial charge in [-0.3, -0.25) is 0 Å². The molecule has 0 aliphatic rings. The van der Waals surface area contributed by atoms with Crippen molar-refractivity contribution in [1.29, 1.82) is 10.5 Å². The Morgan fingerprint density at radius 3 is 1.55 bits per heavy atom. The van der Waals surface area contributed by atoms with Crippen LogP contribution in [0, 0.1) is 22.7 Å². The highest BCUT2D eigenvalue weighted by Crippen LogP contribution is 2.41. The van der Waals surface area contributed by atoms with Gasteiger partial charge >= 0.3 is 0 Å². The molecule has 0 aliphatic carbocycles. The number of hydrogen-bond acceptors (Lipinski definition) is 2. The molecule has 5 nitrogen and oxygen atoms in total. The van der Waals surface area contributed by atoms with E-state index in [0.29, 0.717) is 11.1 Å². The lowest BCUT2D eigenvalue weighted by molar-refractivity contribution is 1.16. The first kappa shape index (κ1) is 30.7. The smallest absolute Gasteiger partial charge is 0.101 e. The molecule has 0 bridgehead atoms. The number of para-hydroxylation sites is 5. The Balaban J connectivity index is 1.10. The van der Waals surface area contributed by atoms with E-state index in [2.05, 4.69) is 165 Å². The Labute approximate surface area is 316 Å². The van der Waals surface area contributed by atoms with Crippen molar-refractivity contribution in [3.63, 3.8) is 0 Å². The maximum Gasteiger partial charge on any atom is 0.101 e. The summed E-state index contributed by atoms with van der Waals surface area (Å²) in [6.07, 6.45) is 0. The summed E-state index contributed by atoms with van der Waals surface area (Å²) in [5.41, 5.74) is 12.3. The first-order chi connectivity index (χ1) is 27.2. The molecule has 0 aliphatic heterocycles. The third-order valence-electron chi connectivity index (χ3n) is 11.1. The van der Waals surface area contributed by atoms with Crippen LogP contribution in [0.2, 0.25) is 0 Å². The lowest BCUT2D eigenvalue weighted by Crippen LogP contribution is -1.99. The fraction of sp³-hybridized carbons (Fsp3) is 0. The Morgan fingerprint density at radius 1 is 0.345 bits per heavy atom. The molecule has 0 amide bonds. The van der Waals surface area contributed by atoms with Gasteiger partial charge in [-0.25, -0.2) is 0 Å². The van der Waals surface area contributed by atoms with E-state index in [1.807, 2.05) is 36.4 Å². The van der Waals surface area contributed by atoms with Gasteiger partial charge in [-0.2, -0.15) is 10.5 Å². The Bertz CT molecular complexity index is 3420. The van der Waals surface area contributed by atoms with Crippen LogP contribution in [-0.2, 0) is 0 Å². The van der Waals surface area contributed by atoms with Crippen LogP contribution in [0.25, 0.3) is 93.6 Å². The van der Waals surface area contributed by atoms with Crippen molar-refractivity contribution in [3.8, 4) is 40.3 Å². The lowest BCUT2D eigenvalue weighted by atomic mass is 10.0. The summed E-state index contributed by atoms with van der Waals surface area (Å²) in [4.78, 5) is 0. The summed E-state index contributed by atoms with van der Waals surface area (Å²) in [5.74, 6) is 0. The molecule has 0 spiro atoms. The van der Waals surface area contributed by atoms with Gasteiger partial charge in [0.2, 0.25) is 0 Å². The van der Waals surface area contributed by atoms with E-state index >= 15 is 0 Å². The molecule has 0 saturated carbocycles.